The lowest BCUT2D eigenvalue weighted by molar-refractivity contribution is 0.115. The molecule has 30 heavy (non-hydrogen) atoms. The fraction of sp³-hybridized carbons (Fsp3) is 0.600. The molecule has 3 aliphatic carbocycles. The van der Waals surface area contributed by atoms with Gasteiger partial charge in [0.15, 0.2) is 0 Å². The highest BCUT2D eigenvalue weighted by Crippen LogP contribution is 2.48. The average molecular weight is 401 g/mol. The van der Waals surface area contributed by atoms with Crippen molar-refractivity contribution < 1.29 is 0 Å². The van der Waals surface area contributed by atoms with E-state index in [1.54, 1.807) is 11.1 Å². The Morgan fingerprint density at radius 3 is 1.43 bits per heavy atom. The van der Waals surface area contributed by atoms with Crippen LogP contribution in [0.3, 0.4) is 0 Å². The van der Waals surface area contributed by atoms with Gasteiger partial charge < -0.3 is 0 Å². The molecule has 2 aromatic rings. The summed E-state index contributed by atoms with van der Waals surface area (Å²) in [4.78, 5) is 0. The van der Waals surface area contributed by atoms with Crippen LogP contribution in [0.2, 0.25) is 0 Å². The lowest BCUT2D eigenvalue weighted by atomic mass is 9.64. The van der Waals surface area contributed by atoms with Crippen molar-refractivity contribution in [1.29, 1.82) is 0 Å². The molecule has 3 aliphatic rings. The van der Waals surface area contributed by atoms with Gasteiger partial charge in [0.2, 0.25) is 0 Å². The Bertz CT molecular complexity index is 747. The zero-order chi connectivity index (χ0) is 20.2. The van der Waals surface area contributed by atoms with Crippen LogP contribution in [0.5, 0.6) is 0 Å². The van der Waals surface area contributed by atoms with Crippen molar-refractivity contribution in [3.05, 3.63) is 71.8 Å². The number of benzene rings is 2. The quantitative estimate of drug-likeness (QED) is 0.481. The summed E-state index contributed by atoms with van der Waals surface area (Å²) in [5.41, 5.74) is 3.19. The number of hydrogen-bond donors (Lipinski definition) is 0. The standard InChI is InChI=1S/C30H40/c1-3-8-23(9-4-1)25-14-16-26(17-15-25)27-18-20-28(21-19-27)30-13-7-12-29(22-30)24-10-5-2-6-11-24/h1-6,8-11,25-30H,7,12-22H2. The molecule has 2 aromatic carbocycles. The van der Waals surface area contributed by atoms with Crippen molar-refractivity contribution in [3.63, 3.8) is 0 Å². The molecule has 0 aromatic heterocycles. The van der Waals surface area contributed by atoms with E-state index in [0.29, 0.717) is 0 Å². The van der Waals surface area contributed by atoms with E-state index in [4.69, 9.17) is 0 Å². The third-order valence-electron chi connectivity index (χ3n) is 9.18. The van der Waals surface area contributed by atoms with E-state index >= 15 is 0 Å². The average Bonchev–Trinajstić information content (AvgIpc) is 2.85. The Labute approximate surface area is 184 Å². The summed E-state index contributed by atoms with van der Waals surface area (Å²) in [6, 6.07) is 22.7. The van der Waals surface area contributed by atoms with E-state index in [0.717, 1.165) is 35.5 Å². The normalized spacial score (nSPS) is 35.1. The Balaban J connectivity index is 1.10. The molecule has 0 spiro atoms. The molecule has 0 heterocycles. The second kappa shape index (κ2) is 9.71. The van der Waals surface area contributed by atoms with E-state index in [-0.39, 0.29) is 0 Å². The lowest BCUT2D eigenvalue weighted by Crippen LogP contribution is -2.29. The highest BCUT2D eigenvalue weighted by Gasteiger charge is 2.35. The summed E-state index contributed by atoms with van der Waals surface area (Å²) in [5.74, 6) is 5.74. The minimum atomic E-state index is 0.830. The molecule has 5 rings (SSSR count). The monoisotopic (exact) mass is 400 g/mol. The van der Waals surface area contributed by atoms with Gasteiger partial charge in [0.1, 0.15) is 0 Å². The first kappa shape index (κ1) is 20.3. The number of hydrogen-bond acceptors (Lipinski definition) is 0. The van der Waals surface area contributed by atoms with Gasteiger partial charge in [-0.15, -0.1) is 0 Å². The van der Waals surface area contributed by atoms with Gasteiger partial charge in [-0.3, -0.25) is 0 Å². The smallest absolute Gasteiger partial charge is 0.0159 e. The third kappa shape index (κ3) is 4.68. The van der Waals surface area contributed by atoms with Gasteiger partial charge in [0.25, 0.3) is 0 Å². The van der Waals surface area contributed by atoms with Gasteiger partial charge in [-0.25, -0.2) is 0 Å². The number of rotatable bonds is 4. The maximum atomic E-state index is 2.37. The van der Waals surface area contributed by atoms with Gasteiger partial charge >= 0.3 is 0 Å². The first-order chi connectivity index (χ1) is 14.9. The van der Waals surface area contributed by atoms with E-state index in [1.165, 1.54) is 77.0 Å². The largest absolute Gasteiger partial charge is 0.0622 e. The van der Waals surface area contributed by atoms with E-state index < -0.39 is 0 Å². The van der Waals surface area contributed by atoms with Crippen molar-refractivity contribution in [2.24, 2.45) is 23.7 Å². The minimum absolute atomic E-state index is 0.830. The highest BCUT2D eigenvalue weighted by atomic mass is 14.4. The van der Waals surface area contributed by atoms with Crippen molar-refractivity contribution in [1.82, 2.24) is 0 Å². The molecule has 2 unspecified atom stereocenters. The van der Waals surface area contributed by atoms with Gasteiger partial charge in [0.05, 0.1) is 0 Å². The predicted octanol–water partition coefficient (Wildman–Crippen LogP) is 8.74. The molecule has 160 valence electrons. The van der Waals surface area contributed by atoms with E-state index in [9.17, 15) is 0 Å². The first-order valence-electron chi connectivity index (χ1n) is 13.0. The molecule has 2 atom stereocenters. The fourth-order valence-electron chi connectivity index (χ4n) is 7.42. The molecule has 0 radical (unpaired) electrons. The molecule has 0 aliphatic heterocycles. The van der Waals surface area contributed by atoms with Crippen LogP contribution in [-0.2, 0) is 0 Å². The van der Waals surface area contributed by atoms with E-state index in [2.05, 4.69) is 60.7 Å². The topological polar surface area (TPSA) is 0 Å². The summed E-state index contributed by atoms with van der Waals surface area (Å²) in [6.45, 7) is 0. The Morgan fingerprint density at radius 1 is 0.400 bits per heavy atom. The second-order valence-corrected chi connectivity index (χ2v) is 10.7. The minimum Gasteiger partial charge on any atom is -0.0622 e. The van der Waals surface area contributed by atoms with Gasteiger partial charge in [-0.2, -0.15) is 0 Å². The Morgan fingerprint density at radius 2 is 0.867 bits per heavy atom. The van der Waals surface area contributed by atoms with Crippen LogP contribution >= 0.6 is 0 Å². The van der Waals surface area contributed by atoms with Crippen LogP contribution in [0.15, 0.2) is 60.7 Å². The molecular formula is C30H40. The summed E-state index contributed by atoms with van der Waals surface area (Å²) < 4.78 is 0. The molecule has 3 fully saturated rings. The summed E-state index contributed by atoms with van der Waals surface area (Å²) in [5, 5.41) is 0. The van der Waals surface area contributed by atoms with Crippen LogP contribution in [0.1, 0.15) is 100 Å². The maximum absolute atomic E-state index is 2.37. The van der Waals surface area contributed by atoms with Crippen LogP contribution in [-0.4, -0.2) is 0 Å². The summed E-state index contributed by atoms with van der Waals surface area (Å²) in [7, 11) is 0. The Hall–Kier alpha value is -1.56. The predicted molar refractivity (Wildman–Crippen MR) is 128 cm³/mol. The van der Waals surface area contributed by atoms with Gasteiger partial charge in [-0.1, -0.05) is 73.5 Å². The third-order valence-corrected chi connectivity index (χ3v) is 9.18. The molecule has 0 saturated heterocycles. The molecule has 0 N–H and O–H groups in total. The highest BCUT2D eigenvalue weighted by molar-refractivity contribution is 5.21. The second-order valence-electron chi connectivity index (χ2n) is 10.7. The maximum Gasteiger partial charge on any atom is -0.0159 e. The van der Waals surface area contributed by atoms with Crippen LogP contribution in [0, 0.1) is 23.7 Å². The van der Waals surface area contributed by atoms with Crippen molar-refractivity contribution >= 4 is 0 Å². The summed E-state index contributed by atoms with van der Waals surface area (Å²) in [6.07, 6.45) is 17.7. The molecule has 3 saturated carbocycles. The van der Waals surface area contributed by atoms with Crippen molar-refractivity contribution in [2.75, 3.05) is 0 Å². The van der Waals surface area contributed by atoms with Crippen molar-refractivity contribution in [3.8, 4) is 0 Å². The van der Waals surface area contributed by atoms with Crippen LogP contribution in [0.25, 0.3) is 0 Å². The van der Waals surface area contributed by atoms with Crippen molar-refractivity contribution in [2.45, 2.75) is 88.9 Å². The molecular weight excluding hydrogens is 360 g/mol. The van der Waals surface area contributed by atoms with Gasteiger partial charge in [0, 0.05) is 0 Å². The van der Waals surface area contributed by atoms with Crippen LogP contribution < -0.4 is 0 Å². The first-order valence-corrected chi connectivity index (χ1v) is 13.0. The fourth-order valence-corrected chi connectivity index (χ4v) is 7.42. The summed E-state index contributed by atoms with van der Waals surface area (Å²) >= 11 is 0. The lowest BCUT2D eigenvalue weighted by Gasteiger charge is -2.42. The molecule has 0 bridgehead atoms. The van der Waals surface area contributed by atoms with E-state index in [1.807, 2.05) is 0 Å². The molecule has 0 nitrogen and oxygen atoms in total. The zero-order valence-electron chi connectivity index (χ0n) is 18.7. The van der Waals surface area contributed by atoms with Crippen LogP contribution in [0.4, 0.5) is 0 Å². The molecule has 0 amide bonds. The zero-order valence-corrected chi connectivity index (χ0v) is 18.7. The Kier molecular flexibility index (Phi) is 6.59. The molecule has 0 heteroatoms. The van der Waals surface area contributed by atoms with Gasteiger partial charge in [-0.05, 0) is 111 Å². The SMILES string of the molecule is c1ccc(C2CCC(C3CCC(C4CCCC(c5ccccc5)C4)CC3)CC2)cc1.